The summed E-state index contributed by atoms with van der Waals surface area (Å²) in [5.74, 6) is -0.181. The van der Waals surface area contributed by atoms with Crippen molar-refractivity contribution >= 4 is 39.9 Å². The number of benzene rings is 2. The van der Waals surface area contributed by atoms with E-state index in [9.17, 15) is 19.1 Å². The number of phenolic OH excluding ortho intramolecular Hbond substituents is 1. The average Bonchev–Trinajstić information content (AvgIpc) is 3.33. The fraction of sp³-hybridized carbons (Fsp3) is 0.174. The number of amides is 1. The van der Waals surface area contributed by atoms with E-state index in [2.05, 4.69) is 4.98 Å². The van der Waals surface area contributed by atoms with Crippen molar-refractivity contribution in [1.82, 2.24) is 14.3 Å². The van der Waals surface area contributed by atoms with Crippen LogP contribution in [0.1, 0.15) is 15.9 Å². The van der Waals surface area contributed by atoms with Gasteiger partial charge in [0.2, 0.25) is 0 Å². The molecule has 1 aliphatic heterocycles. The molecule has 1 aliphatic rings. The molecule has 0 aliphatic carbocycles. The number of carbonyl (C=O) groups is 1. The third kappa shape index (κ3) is 3.83. The number of carbonyl (C=O) groups excluding carboxylic acids is 1. The van der Waals surface area contributed by atoms with E-state index >= 15 is 0 Å². The Morgan fingerprint density at radius 1 is 1.33 bits per heavy atom. The van der Waals surface area contributed by atoms with Gasteiger partial charge in [-0.2, -0.15) is 0 Å². The second-order valence-corrected chi connectivity index (χ2v) is 9.05. The zero-order chi connectivity index (χ0) is 23.3. The zero-order valence-electron chi connectivity index (χ0n) is 17.3. The summed E-state index contributed by atoms with van der Waals surface area (Å²) < 4.78 is 20.1. The summed E-state index contributed by atoms with van der Waals surface area (Å²) in [5, 5.41) is 10.0. The second kappa shape index (κ2) is 8.17. The highest BCUT2D eigenvalue weighted by molar-refractivity contribution is 7.15. The first kappa shape index (κ1) is 21.4. The van der Waals surface area contributed by atoms with Crippen molar-refractivity contribution in [2.24, 2.45) is 0 Å². The lowest BCUT2D eigenvalue weighted by atomic mass is 10.1. The topological polar surface area (TPSA) is 84.1 Å². The molecule has 1 N–H and O–H groups in total. The third-order valence-corrected chi connectivity index (χ3v) is 6.67. The van der Waals surface area contributed by atoms with Crippen molar-refractivity contribution in [2.45, 2.75) is 6.17 Å². The summed E-state index contributed by atoms with van der Waals surface area (Å²) in [6.45, 7) is 0.223. The molecule has 3 heterocycles. The van der Waals surface area contributed by atoms with E-state index in [-0.39, 0.29) is 41.1 Å². The molecule has 0 atom stereocenters. The van der Waals surface area contributed by atoms with E-state index in [1.54, 1.807) is 48.7 Å². The Morgan fingerprint density at radius 3 is 2.82 bits per heavy atom. The molecule has 0 saturated carbocycles. The molecule has 2 aromatic carbocycles. The van der Waals surface area contributed by atoms with Gasteiger partial charge in [0.05, 0.1) is 35.4 Å². The van der Waals surface area contributed by atoms with Gasteiger partial charge in [0.1, 0.15) is 6.17 Å². The summed E-state index contributed by atoms with van der Waals surface area (Å²) >= 11 is 7.24. The lowest BCUT2D eigenvalue weighted by molar-refractivity contribution is 0.0400. The van der Waals surface area contributed by atoms with Crippen LogP contribution in [0, 0.1) is 0 Å². The van der Waals surface area contributed by atoms with Gasteiger partial charge >= 0.3 is 0 Å². The van der Waals surface area contributed by atoms with E-state index in [4.69, 9.17) is 16.3 Å². The number of rotatable bonds is 4. The number of aromatic hydroxyl groups is 1. The maximum absolute atomic E-state index is 13.1. The van der Waals surface area contributed by atoms with Gasteiger partial charge in [-0.15, -0.1) is 0 Å². The van der Waals surface area contributed by atoms with Crippen LogP contribution < -0.4 is 14.8 Å². The molecule has 4 aromatic rings. The van der Waals surface area contributed by atoms with Crippen molar-refractivity contribution in [1.29, 1.82) is 0 Å². The molecule has 7 nitrogen and oxygen atoms in total. The number of nitrogens with zero attached hydrogens (tertiary/aromatic N) is 3. The molecule has 1 saturated heterocycles. The number of phenols is 1. The maximum Gasteiger partial charge on any atom is 0.274 e. The van der Waals surface area contributed by atoms with Gasteiger partial charge in [-0.3, -0.25) is 14.0 Å². The van der Waals surface area contributed by atoms with Gasteiger partial charge in [-0.25, -0.2) is 9.37 Å². The number of aromatic nitrogens is 2. The number of hydrogen-bond donors (Lipinski definition) is 1. The lowest BCUT2D eigenvalue weighted by Crippen LogP contribution is -2.51. The number of ether oxygens (including phenoxy) is 1. The van der Waals surface area contributed by atoms with Crippen molar-refractivity contribution < 1.29 is 19.0 Å². The largest absolute Gasteiger partial charge is 0.503 e. The Balaban J connectivity index is 1.49. The summed E-state index contributed by atoms with van der Waals surface area (Å²) in [6, 6.07) is 10.0. The fourth-order valence-corrected chi connectivity index (χ4v) is 4.82. The molecular formula is C23H17ClFN3O4S. The van der Waals surface area contributed by atoms with E-state index in [1.807, 2.05) is 0 Å². The van der Waals surface area contributed by atoms with Gasteiger partial charge in [0.25, 0.3) is 11.5 Å². The predicted octanol–water partition coefficient (Wildman–Crippen LogP) is 3.13. The standard InChI is InChI=1S/C23H17ClFN3O4S/c1-32-18-6-12(5-16(24)20(18)29)7-19-22(31)28-11-17(26-23(28)33-19)13-3-2-4-14(8-13)21(30)27-9-15(25)10-27/h2-8,11,15,29H,9-10H2,1H3. The van der Waals surface area contributed by atoms with E-state index in [1.165, 1.54) is 27.7 Å². The Morgan fingerprint density at radius 2 is 2.12 bits per heavy atom. The number of imidazole rings is 1. The van der Waals surface area contributed by atoms with Crippen LogP contribution in [0.4, 0.5) is 4.39 Å². The summed E-state index contributed by atoms with van der Waals surface area (Å²) in [4.78, 5) is 31.9. The monoisotopic (exact) mass is 485 g/mol. The summed E-state index contributed by atoms with van der Waals surface area (Å²) in [5.41, 5.74) is 2.04. The van der Waals surface area contributed by atoms with Gasteiger partial charge in [0, 0.05) is 17.3 Å². The van der Waals surface area contributed by atoms with Crippen LogP contribution in [0.3, 0.4) is 0 Å². The summed E-state index contributed by atoms with van der Waals surface area (Å²) in [7, 11) is 1.42. The molecule has 0 unspecified atom stereocenters. The number of methoxy groups -OCH3 is 1. The van der Waals surface area contributed by atoms with Crippen LogP contribution in [-0.4, -0.2) is 51.7 Å². The third-order valence-electron chi connectivity index (χ3n) is 5.40. The van der Waals surface area contributed by atoms with Crippen LogP contribution >= 0.6 is 22.9 Å². The van der Waals surface area contributed by atoms with Crippen LogP contribution in [0.15, 0.2) is 47.4 Å². The minimum atomic E-state index is -0.961. The van der Waals surface area contributed by atoms with Crippen LogP contribution in [0.2, 0.25) is 5.02 Å². The molecule has 5 rings (SSSR count). The van der Waals surface area contributed by atoms with Crippen molar-refractivity contribution in [2.75, 3.05) is 20.2 Å². The predicted molar refractivity (Wildman–Crippen MR) is 124 cm³/mol. The Kier molecular flexibility index (Phi) is 5.30. The van der Waals surface area contributed by atoms with Crippen molar-refractivity contribution in [3.05, 3.63) is 73.6 Å². The van der Waals surface area contributed by atoms with Crippen LogP contribution in [0.25, 0.3) is 22.3 Å². The van der Waals surface area contributed by atoms with E-state index in [0.29, 0.717) is 31.9 Å². The quantitative estimate of drug-likeness (QED) is 0.480. The van der Waals surface area contributed by atoms with Crippen LogP contribution in [-0.2, 0) is 0 Å². The highest BCUT2D eigenvalue weighted by Crippen LogP contribution is 2.35. The first-order valence-electron chi connectivity index (χ1n) is 9.98. The molecule has 2 aromatic heterocycles. The van der Waals surface area contributed by atoms with Crippen molar-refractivity contribution in [3.63, 3.8) is 0 Å². The molecular weight excluding hydrogens is 469 g/mol. The highest BCUT2D eigenvalue weighted by atomic mass is 35.5. The van der Waals surface area contributed by atoms with E-state index < -0.39 is 6.17 Å². The maximum atomic E-state index is 13.1. The Labute approximate surface area is 195 Å². The molecule has 1 fully saturated rings. The zero-order valence-corrected chi connectivity index (χ0v) is 18.9. The fourth-order valence-electron chi connectivity index (χ4n) is 3.64. The molecule has 10 heteroatoms. The Hall–Kier alpha value is -3.43. The first-order valence-corrected chi connectivity index (χ1v) is 11.2. The number of halogens is 2. The van der Waals surface area contributed by atoms with Crippen molar-refractivity contribution in [3.8, 4) is 22.8 Å². The molecule has 0 bridgehead atoms. The number of alkyl halides is 1. The number of fused-ring (bicyclic) bond motifs is 1. The number of hydrogen-bond acceptors (Lipinski definition) is 6. The second-order valence-electron chi connectivity index (χ2n) is 7.64. The molecule has 168 valence electrons. The van der Waals surface area contributed by atoms with Gasteiger partial charge in [-0.1, -0.05) is 35.1 Å². The van der Waals surface area contributed by atoms with Gasteiger partial charge < -0.3 is 14.7 Å². The van der Waals surface area contributed by atoms with E-state index in [0.717, 1.165) is 0 Å². The molecule has 0 radical (unpaired) electrons. The Bertz CT molecular complexity index is 1510. The summed E-state index contributed by atoms with van der Waals surface area (Å²) in [6.07, 6.45) is 2.32. The average molecular weight is 486 g/mol. The minimum Gasteiger partial charge on any atom is -0.503 e. The molecule has 1 amide bonds. The highest BCUT2D eigenvalue weighted by Gasteiger charge is 2.31. The normalized spacial score (nSPS) is 14.6. The van der Waals surface area contributed by atoms with Gasteiger partial charge in [-0.05, 0) is 35.9 Å². The number of likely N-dealkylation sites (tertiary alicyclic amines) is 1. The van der Waals surface area contributed by atoms with Gasteiger partial charge in [0.15, 0.2) is 16.5 Å². The molecule has 0 spiro atoms. The number of thiazole rings is 1. The SMILES string of the molecule is COc1cc(C=c2sc3nc(-c4cccc(C(=O)N5CC(F)C5)c4)cn3c2=O)cc(Cl)c1O. The first-order chi connectivity index (χ1) is 15.8. The molecule has 33 heavy (non-hydrogen) atoms. The lowest BCUT2D eigenvalue weighted by Gasteiger charge is -2.34. The minimum absolute atomic E-state index is 0.111. The van der Waals surface area contributed by atoms with Crippen LogP contribution in [0.5, 0.6) is 11.5 Å². The smallest absolute Gasteiger partial charge is 0.274 e.